The Morgan fingerprint density at radius 1 is 0.865 bits per heavy atom. The molecule has 386 valence electrons. The van der Waals surface area contributed by atoms with Crippen LogP contribution in [0.15, 0.2) is 85.1 Å². The molecule has 2 aromatic heterocycles. The van der Waals surface area contributed by atoms with E-state index >= 15 is 13.2 Å². The maximum atomic E-state index is 15.1. The fraction of sp³-hybridized carbons (Fsp3) is 0.436. The molecule has 5 amide bonds. The smallest absolute Gasteiger partial charge is 0.428 e. The normalized spacial score (nSPS) is 20.8. The second-order valence-corrected chi connectivity index (χ2v) is 20.1. The lowest BCUT2D eigenvalue weighted by molar-refractivity contribution is -0.260. The number of pyridine rings is 1. The fourth-order valence-electron chi connectivity index (χ4n) is 11.3. The van der Waals surface area contributed by atoms with E-state index in [1.807, 2.05) is 12.1 Å². The quantitative estimate of drug-likeness (QED) is 0.0688. The van der Waals surface area contributed by atoms with Crippen LogP contribution in [0.3, 0.4) is 0 Å². The van der Waals surface area contributed by atoms with Crippen LogP contribution < -0.4 is 30.3 Å². The first-order valence-corrected chi connectivity index (χ1v) is 25.5. The molecule has 7 heterocycles. The number of aromatic amines is 1. The summed E-state index contributed by atoms with van der Waals surface area (Å²) in [5.41, 5.74) is 1.14. The molecule has 0 aliphatic carbocycles. The van der Waals surface area contributed by atoms with Gasteiger partial charge < -0.3 is 39.8 Å². The van der Waals surface area contributed by atoms with Crippen LogP contribution in [0.5, 0.6) is 11.5 Å². The zero-order valence-corrected chi connectivity index (χ0v) is 40.8. The highest BCUT2D eigenvalue weighted by Gasteiger charge is 2.59. The van der Waals surface area contributed by atoms with Crippen molar-refractivity contribution in [3.63, 3.8) is 0 Å². The average molecular weight is 1010 g/mol. The van der Waals surface area contributed by atoms with Gasteiger partial charge >= 0.3 is 6.18 Å². The molecule has 0 spiro atoms. The summed E-state index contributed by atoms with van der Waals surface area (Å²) in [6.45, 7) is 4.42. The van der Waals surface area contributed by atoms with Gasteiger partial charge in [-0.1, -0.05) is 30.3 Å². The van der Waals surface area contributed by atoms with E-state index in [1.54, 1.807) is 66.9 Å². The number of nitrogens with zero attached hydrogens (tertiary/aromatic N) is 5. The number of halogens is 3. The number of benzene rings is 3. The number of para-hydroxylation sites is 1. The molecular formula is C55H58F3N9O7. The minimum absolute atomic E-state index is 0.0133. The number of nitriles is 1. The molecule has 4 saturated heterocycles. The molecule has 0 saturated carbocycles. The van der Waals surface area contributed by atoms with Crippen molar-refractivity contribution in [3.8, 4) is 28.8 Å². The molecule has 4 fully saturated rings. The molecule has 5 aromatic rings. The van der Waals surface area contributed by atoms with Gasteiger partial charge in [0, 0.05) is 98.7 Å². The SMILES string of the molecule is N#Cc1cccc2[nH]c(-c3ccccc3OC3(C(F)(F)F)CCN(C(=O)[C@H]4CC(=O)Nc5cc(OCCNC(=O)C6CCN(CC7CCN(c8ccc(C9CCC(=O)NC9=O)cn8)CC7)CC6)ccc54)CC3)cc12. The molecule has 74 heavy (non-hydrogen) atoms. The average Bonchev–Trinajstić information content (AvgIpc) is 3.85. The molecule has 1 unspecified atom stereocenters. The number of ether oxygens (including phenoxy) is 2. The highest BCUT2D eigenvalue weighted by atomic mass is 19.4. The maximum Gasteiger partial charge on any atom is 0.428 e. The van der Waals surface area contributed by atoms with Gasteiger partial charge in [-0.25, -0.2) is 4.98 Å². The van der Waals surface area contributed by atoms with E-state index < -0.39 is 42.4 Å². The van der Waals surface area contributed by atoms with Crippen molar-refractivity contribution >= 4 is 51.9 Å². The highest BCUT2D eigenvalue weighted by Crippen LogP contribution is 2.46. The number of likely N-dealkylation sites (tertiary alicyclic amines) is 2. The van der Waals surface area contributed by atoms with Crippen LogP contribution in [0, 0.1) is 23.2 Å². The molecule has 4 N–H and O–H groups in total. The fourth-order valence-corrected chi connectivity index (χ4v) is 11.3. The molecule has 16 nitrogen and oxygen atoms in total. The Balaban J connectivity index is 0.666. The topological polar surface area (TPSA) is 202 Å². The van der Waals surface area contributed by atoms with E-state index in [-0.39, 0.29) is 68.0 Å². The Morgan fingerprint density at radius 3 is 2.38 bits per heavy atom. The lowest BCUT2D eigenvalue weighted by atomic mass is 9.86. The number of rotatable bonds is 13. The van der Waals surface area contributed by atoms with Gasteiger partial charge in [0.25, 0.3) is 0 Å². The van der Waals surface area contributed by atoms with Crippen molar-refractivity contribution in [2.45, 2.75) is 81.4 Å². The van der Waals surface area contributed by atoms with E-state index in [4.69, 9.17) is 9.47 Å². The van der Waals surface area contributed by atoms with Gasteiger partial charge in [-0.15, -0.1) is 0 Å². The van der Waals surface area contributed by atoms with Gasteiger partial charge in [-0.05, 0) is 105 Å². The highest BCUT2D eigenvalue weighted by molar-refractivity contribution is 6.02. The van der Waals surface area contributed by atoms with Gasteiger partial charge in [-0.3, -0.25) is 29.3 Å². The van der Waals surface area contributed by atoms with Gasteiger partial charge in [0.2, 0.25) is 35.1 Å². The van der Waals surface area contributed by atoms with Crippen molar-refractivity contribution < 1.29 is 46.6 Å². The van der Waals surface area contributed by atoms with Crippen LogP contribution in [0.4, 0.5) is 24.7 Å². The second-order valence-electron chi connectivity index (χ2n) is 20.1. The number of H-pyrrole nitrogens is 1. The number of fused-ring (bicyclic) bond motifs is 2. The molecule has 0 radical (unpaired) electrons. The molecule has 5 aliphatic rings. The van der Waals surface area contributed by atoms with E-state index in [2.05, 4.69) is 41.8 Å². The lowest BCUT2D eigenvalue weighted by Gasteiger charge is -2.43. The molecule has 5 aliphatic heterocycles. The van der Waals surface area contributed by atoms with Crippen LogP contribution in [0.1, 0.15) is 86.3 Å². The van der Waals surface area contributed by atoms with Crippen molar-refractivity contribution in [3.05, 3.63) is 102 Å². The first-order valence-electron chi connectivity index (χ1n) is 25.5. The molecular weight excluding hydrogens is 956 g/mol. The summed E-state index contributed by atoms with van der Waals surface area (Å²) >= 11 is 0. The number of amides is 5. The number of carbonyl (C=O) groups excluding carboxylic acids is 5. The summed E-state index contributed by atoms with van der Waals surface area (Å²) in [5.74, 6) is -0.827. The predicted octanol–water partition coefficient (Wildman–Crippen LogP) is 7.17. The number of anilines is 2. The summed E-state index contributed by atoms with van der Waals surface area (Å²) in [6, 6.07) is 24.4. The maximum absolute atomic E-state index is 15.1. The van der Waals surface area contributed by atoms with Crippen LogP contribution in [-0.2, 0) is 24.0 Å². The lowest BCUT2D eigenvalue weighted by Crippen LogP contribution is -2.58. The first-order chi connectivity index (χ1) is 35.7. The third-order valence-corrected chi connectivity index (χ3v) is 15.5. The van der Waals surface area contributed by atoms with Gasteiger partial charge in [0.1, 0.15) is 23.9 Å². The molecule has 0 bridgehead atoms. The monoisotopic (exact) mass is 1010 g/mol. The number of carbonyl (C=O) groups is 5. The Labute approximate surface area is 425 Å². The van der Waals surface area contributed by atoms with Gasteiger partial charge in [0.05, 0.1) is 35.7 Å². The third kappa shape index (κ3) is 10.6. The number of hydrogen-bond donors (Lipinski definition) is 4. The summed E-state index contributed by atoms with van der Waals surface area (Å²) in [4.78, 5) is 78.0. The van der Waals surface area contributed by atoms with Crippen molar-refractivity contribution in [2.24, 2.45) is 11.8 Å². The number of alkyl halides is 3. The van der Waals surface area contributed by atoms with Crippen LogP contribution in [0.2, 0.25) is 0 Å². The van der Waals surface area contributed by atoms with Crippen molar-refractivity contribution in [1.29, 1.82) is 5.26 Å². The van der Waals surface area contributed by atoms with Crippen molar-refractivity contribution in [1.82, 2.24) is 30.4 Å². The van der Waals surface area contributed by atoms with E-state index in [0.29, 0.717) is 63.5 Å². The zero-order valence-electron chi connectivity index (χ0n) is 40.8. The Bertz CT molecular complexity index is 2970. The minimum Gasteiger partial charge on any atom is -0.492 e. The molecule has 19 heteroatoms. The molecule has 2 atom stereocenters. The predicted molar refractivity (Wildman–Crippen MR) is 268 cm³/mol. The van der Waals surface area contributed by atoms with E-state index in [1.165, 1.54) is 11.0 Å². The number of piperidine rings is 4. The Kier molecular flexibility index (Phi) is 14.3. The number of hydrogen-bond acceptors (Lipinski definition) is 11. The summed E-state index contributed by atoms with van der Waals surface area (Å²) in [7, 11) is 0. The largest absolute Gasteiger partial charge is 0.492 e. The number of imide groups is 1. The molecule has 3 aromatic carbocycles. The van der Waals surface area contributed by atoms with E-state index in [9.17, 15) is 29.2 Å². The van der Waals surface area contributed by atoms with Crippen LogP contribution >= 0.6 is 0 Å². The second kappa shape index (κ2) is 21.2. The van der Waals surface area contributed by atoms with Crippen LogP contribution in [0.25, 0.3) is 22.2 Å². The Hall–Kier alpha value is -7.46. The number of aromatic nitrogens is 2. The van der Waals surface area contributed by atoms with Crippen molar-refractivity contribution in [2.75, 3.05) is 69.2 Å². The van der Waals surface area contributed by atoms with E-state index in [0.717, 1.165) is 69.8 Å². The van der Waals surface area contributed by atoms with Gasteiger partial charge in [-0.2, -0.15) is 18.4 Å². The molecule has 10 rings (SSSR count). The summed E-state index contributed by atoms with van der Waals surface area (Å²) in [6.07, 6.45) is 0.206. The first kappa shape index (κ1) is 50.1. The standard InChI is InChI=1S/C55H58F3N9O7/c56-55(57,58)54(74-47-7-2-1-5-41(47)46-29-42-36(31-59)4-3-6-44(42)62-46)18-25-67(26-19-54)53(72)43-30-50(69)63-45-28-38(9-10-40(43)45)73-27-20-60-51(70)35-16-21-65(22-17-35)33-34-14-23-66(24-15-34)48-12-8-37(32-61-48)39-11-13-49(68)64-52(39)71/h1-10,12,28-29,32,34-35,39,43,62H,11,13-27,30,33H2,(H,60,70)(H,63,69)(H,64,68,71)/t39?,43-/m0/s1. The summed E-state index contributed by atoms with van der Waals surface area (Å²) < 4.78 is 57.2. The summed E-state index contributed by atoms with van der Waals surface area (Å²) in [5, 5.41) is 18.5. The third-order valence-electron chi connectivity index (χ3n) is 15.5. The van der Waals surface area contributed by atoms with Crippen LogP contribution in [-0.4, -0.2) is 120 Å². The zero-order chi connectivity index (χ0) is 51.6. The minimum atomic E-state index is -4.78. The number of nitrogens with one attached hydrogen (secondary N) is 4. The van der Waals surface area contributed by atoms with Gasteiger partial charge in [0.15, 0.2) is 0 Å². The Morgan fingerprint density at radius 2 is 1.65 bits per heavy atom.